The number of rotatable bonds is 8. The van der Waals surface area contributed by atoms with Crippen LogP contribution in [0.15, 0.2) is 18.6 Å². The summed E-state index contributed by atoms with van der Waals surface area (Å²) in [5.74, 6) is 2.52. The van der Waals surface area contributed by atoms with Crippen molar-refractivity contribution in [1.82, 2.24) is 29.5 Å². The summed E-state index contributed by atoms with van der Waals surface area (Å²) in [7, 11) is 0. The fourth-order valence-electron chi connectivity index (χ4n) is 3.91. The summed E-state index contributed by atoms with van der Waals surface area (Å²) < 4.78 is 2.14. The van der Waals surface area contributed by atoms with Crippen molar-refractivity contribution < 1.29 is 0 Å². The Labute approximate surface area is 170 Å². The minimum atomic E-state index is 0.239. The number of H-pyrrole nitrogens is 1. The highest BCUT2D eigenvalue weighted by molar-refractivity contribution is 5.75. The largest absolute Gasteiger partial charge is 0.356 e. The number of fused-ring (bicyclic) bond motifs is 1. The highest BCUT2D eigenvalue weighted by Gasteiger charge is 2.20. The monoisotopic (exact) mass is 397 g/mol. The molecule has 3 heterocycles. The van der Waals surface area contributed by atoms with Gasteiger partial charge in [0.1, 0.15) is 11.3 Å². The van der Waals surface area contributed by atoms with E-state index in [-0.39, 0.29) is 6.04 Å². The molecule has 0 aliphatic heterocycles. The fraction of sp³-hybridized carbons (Fsp3) is 0.600. The first-order valence-electron chi connectivity index (χ1n) is 10.6. The zero-order valence-corrected chi connectivity index (χ0v) is 17.2. The second kappa shape index (κ2) is 8.77. The van der Waals surface area contributed by atoms with Gasteiger partial charge in [0, 0.05) is 43.5 Å². The smallest absolute Gasteiger partial charge is 0.224 e. The molecule has 1 fully saturated rings. The summed E-state index contributed by atoms with van der Waals surface area (Å²) in [6.45, 7) is 5.11. The zero-order valence-electron chi connectivity index (χ0n) is 17.2. The summed E-state index contributed by atoms with van der Waals surface area (Å²) >= 11 is 0. The Morgan fingerprint density at radius 1 is 1.21 bits per heavy atom. The SMILES string of the molecule is CC(C)n1c(NCCCc2ncc[nH]2)nc2cnc(NC3CCC(N)CC3)nc21. The molecule has 9 heteroatoms. The van der Waals surface area contributed by atoms with Gasteiger partial charge in [-0.15, -0.1) is 0 Å². The molecule has 0 radical (unpaired) electrons. The molecule has 3 aromatic heterocycles. The van der Waals surface area contributed by atoms with Crippen LogP contribution in [0.5, 0.6) is 0 Å². The molecule has 29 heavy (non-hydrogen) atoms. The second-order valence-corrected chi connectivity index (χ2v) is 8.12. The average molecular weight is 398 g/mol. The third-order valence-corrected chi connectivity index (χ3v) is 5.48. The molecule has 0 atom stereocenters. The minimum Gasteiger partial charge on any atom is -0.356 e. The van der Waals surface area contributed by atoms with Crippen LogP contribution in [0.25, 0.3) is 11.2 Å². The Hall–Kier alpha value is -2.68. The van der Waals surface area contributed by atoms with Gasteiger partial charge < -0.3 is 21.4 Å². The number of nitrogens with zero attached hydrogens (tertiary/aromatic N) is 5. The van der Waals surface area contributed by atoms with Crippen LogP contribution in [0.4, 0.5) is 11.9 Å². The van der Waals surface area contributed by atoms with Gasteiger partial charge >= 0.3 is 0 Å². The third-order valence-electron chi connectivity index (χ3n) is 5.48. The summed E-state index contributed by atoms with van der Waals surface area (Å²) in [6.07, 6.45) is 11.6. The fourth-order valence-corrected chi connectivity index (χ4v) is 3.91. The molecule has 0 spiro atoms. The van der Waals surface area contributed by atoms with Crippen molar-refractivity contribution in [2.75, 3.05) is 17.2 Å². The first-order chi connectivity index (χ1) is 14.1. The van der Waals surface area contributed by atoms with Gasteiger partial charge in [-0.05, 0) is 46.0 Å². The van der Waals surface area contributed by atoms with E-state index >= 15 is 0 Å². The lowest BCUT2D eigenvalue weighted by atomic mass is 9.92. The van der Waals surface area contributed by atoms with Crippen molar-refractivity contribution >= 4 is 23.1 Å². The van der Waals surface area contributed by atoms with Crippen LogP contribution in [-0.2, 0) is 6.42 Å². The molecule has 1 aliphatic carbocycles. The molecule has 3 aromatic rings. The molecule has 9 nitrogen and oxygen atoms in total. The van der Waals surface area contributed by atoms with Crippen molar-refractivity contribution in [2.24, 2.45) is 5.73 Å². The Morgan fingerprint density at radius 2 is 2.03 bits per heavy atom. The number of aromatic nitrogens is 6. The predicted molar refractivity (Wildman–Crippen MR) is 115 cm³/mol. The molecule has 0 amide bonds. The van der Waals surface area contributed by atoms with E-state index in [0.717, 1.165) is 68.0 Å². The molecular formula is C20H31N9. The van der Waals surface area contributed by atoms with Crippen LogP contribution in [0.1, 0.15) is 57.8 Å². The van der Waals surface area contributed by atoms with Crippen LogP contribution >= 0.6 is 0 Å². The molecule has 1 aliphatic rings. The summed E-state index contributed by atoms with van der Waals surface area (Å²) in [4.78, 5) is 21.4. The van der Waals surface area contributed by atoms with Crippen LogP contribution in [0.3, 0.4) is 0 Å². The van der Waals surface area contributed by atoms with Gasteiger partial charge in [-0.1, -0.05) is 0 Å². The highest BCUT2D eigenvalue weighted by atomic mass is 15.3. The van der Waals surface area contributed by atoms with Gasteiger partial charge in [0.05, 0.1) is 6.20 Å². The Bertz CT molecular complexity index is 908. The summed E-state index contributed by atoms with van der Waals surface area (Å²) in [5, 5.41) is 6.95. The molecule has 0 unspecified atom stereocenters. The zero-order chi connectivity index (χ0) is 20.2. The number of nitrogens with one attached hydrogen (secondary N) is 3. The van der Waals surface area contributed by atoms with E-state index in [1.165, 1.54) is 0 Å². The minimum absolute atomic E-state index is 0.239. The van der Waals surface area contributed by atoms with Crippen molar-refractivity contribution in [3.63, 3.8) is 0 Å². The van der Waals surface area contributed by atoms with E-state index in [1.54, 1.807) is 6.20 Å². The Kier molecular flexibility index (Phi) is 5.94. The van der Waals surface area contributed by atoms with Gasteiger partial charge in [0.2, 0.25) is 11.9 Å². The lowest BCUT2D eigenvalue weighted by Gasteiger charge is -2.26. The van der Waals surface area contributed by atoms with Crippen molar-refractivity contribution in [3.05, 3.63) is 24.4 Å². The first kappa shape index (κ1) is 19.6. The average Bonchev–Trinajstić information content (AvgIpc) is 3.34. The molecular weight excluding hydrogens is 366 g/mol. The predicted octanol–water partition coefficient (Wildman–Crippen LogP) is 2.86. The van der Waals surface area contributed by atoms with E-state index in [1.807, 2.05) is 12.4 Å². The van der Waals surface area contributed by atoms with Gasteiger partial charge in [0.15, 0.2) is 5.65 Å². The van der Waals surface area contributed by atoms with Crippen LogP contribution < -0.4 is 16.4 Å². The van der Waals surface area contributed by atoms with Crippen LogP contribution in [0, 0.1) is 0 Å². The van der Waals surface area contributed by atoms with Crippen molar-refractivity contribution in [2.45, 2.75) is 70.5 Å². The van der Waals surface area contributed by atoms with Crippen molar-refractivity contribution in [3.8, 4) is 0 Å². The second-order valence-electron chi connectivity index (χ2n) is 8.12. The lowest BCUT2D eigenvalue weighted by Crippen LogP contribution is -2.33. The maximum absolute atomic E-state index is 6.02. The highest BCUT2D eigenvalue weighted by Crippen LogP contribution is 2.25. The molecule has 0 saturated heterocycles. The molecule has 4 rings (SSSR count). The van der Waals surface area contributed by atoms with E-state index in [0.29, 0.717) is 18.0 Å². The standard InChI is InChI=1S/C20H31N9/c1-13(2)29-18-16(27-20(29)24-9-3-4-17-22-10-11-23-17)12-25-19(28-18)26-15-7-5-14(21)6-8-15/h10-15H,3-9,21H2,1-2H3,(H,22,23)(H,24,27)(H,25,26,28). The Morgan fingerprint density at radius 3 is 2.76 bits per heavy atom. The molecule has 5 N–H and O–H groups in total. The van der Waals surface area contributed by atoms with Crippen molar-refractivity contribution in [1.29, 1.82) is 0 Å². The maximum atomic E-state index is 6.02. The number of aromatic amines is 1. The van der Waals surface area contributed by atoms with E-state index in [2.05, 4.69) is 44.0 Å². The summed E-state index contributed by atoms with van der Waals surface area (Å²) in [5.41, 5.74) is 7.68. The molecule has 0 aromatic carbocycles. The first-order valence-corrected chi connectivity index (χ1v) is 10.6. The number of hydrogen-bond donors (Lipinski definition) is 4. The Balaban J connectivity index is 1.45. The van der Waals surface area contributed by atoms with E-state index < -0.39 is 0 Å². The number of aryl methyl sites for hydroxylation is 1. The van der Waals surface area contributed by atoms with E-state index in [4.69, 9.17) is 15.7 Å². The lowest BCUT2D eigenvalue weighted by molar-refractivity contribution is 0.410. The van der Waals surface area contributed by atoms with Gasteiger partial charge in [0.25, 0.3) is 0 Å². The molecule has 1 saturated carbocycles. The van der Waals surface area contributed by atoms with E-state index in [9.17, 15) is 0 Å². The van der Waals surface area contributed by atoms with Gasteiger partial charge in [-0.2, -0.15) is 4.98 Å². The third kappa shape index (κ3) is 4.67. The quantitative estimate of drug-likeness (QED) is 0.431. The number of nitrogens with two attached hydrogens (primary N) is 1. The number of hydrogen-bond acceptors (Lipinski definition) is 7. The van der Waals surface area contributed by atoms with Gasteiger partial charge in [-0.3, -0.25) is 4.57 Å². The van der Waals surface area contributed by atoms with Crippen LogP contribution in [0.2, 0.25) is 0 Å². The summed E-state index contributed by atoms with van der Waals surface area (Å²) in [6, 6.07) is 0.963. The van der Waals surface area contributed by atoms with Crippen LogP contribution in [-0.4, -0.2) is 48.1 Å². The normalized spacial score (nSPS) is 19.7. The molecule has 156 valence electrons. The molecule has 0 bridgehead atoms. The number of anilines is 2. The maximum Gasteiger partial charge on any atom is 0.224 e. The van der Waals surface area contributed by atoms with Gasteiger partial charge in [-0.25, -0.2) is 15.0 Å². The number of imidazole rings is 2. The topological polar surface area (TPSA) is 122 Å².